The summed E-state index contributed by atoms with van der Waals surface area (Å²) >= 11 is 0. The van der Waals surface area contributed by atoms with Gasteiger partial charge in [0, 0.05) is 17.8 Å². The predicted octanol–water partition coefficient (Wildman–Crippen LogP) is 1.35. The molecule has 0 spiro atoms. The van der Waals surface area contributed by atoms with E-state index < -0.39 is 0 Å². The molecule has 16 heavy (non-hydrogen) atoms. The lowest BCUT2D eigenvalue weighted by molar-refractivity contribution is 0.253. The van der Waals surface area contributed by atoms with Crippen LogP contribution >= 0.6 is 0 Å². The van der Waals surface area contributed by atoms with Crippen molar-refractivity contribution in [1.29, 1.82) is 5.26 Å². The first-order valence-electron chi connectivity index (χ1n) is 5.67. The molecule has 2 rings (SSSR count). The van der Waals surface area contributed by atoms with E-state index in [-0.39, 0.29) is 0 Å². The molecule has 0 atom stereocenters. The van der Waals surface area contributed by atoms with Gasteiger partial charge in [0.1, 0.15) is 5.82 Å². The SMILES string of the molecule is CN1CCC(c2ccnc(CC#N)n2)CC1. The molecule has 0 N–H and O–H groups in total. The van der Waals surface area contributed by atoms with Crippen LogP contribution < -0.4 is 0 Å². The van der Waals surface area contributed by atoms with Gasteiger partial charge in [-0.1, -0.05) is 0 Å². The van der Waals surface area contributed by atoms with Gasteiger partial charge in [-0.05, 0) is 39.0 Å². The first-order valence-corrected chi connectivity index (χ1v) is 5.67. The van der Waals surface area contributed by atoms with Crippen LogP contribution in [0, 0.1) is 11.3 Å². The third-order valence-corrected chi connectivity index (χ3v) is 3.10. The van der Waals surface area contributed by atoms with Crippen LogP contribution in [0.3, 0.4) is 0 Å². The average Bonchev–Trinajstić information content (AvgIpc) is 2.31. The van der Waals surface area contributed by atoms with E-state index in [1.165, 1.54) is 0 Å². The minimum atomic E-state index is 0.306. The van der Waals surface area contributed by atoms with Gasteiger partial charge in [-0.3, -0.25) is 0 Å². The molecule has 2 heterocycles. The molecule has 1 aliphatic heterocycles. The quantitative estimate of drug-likeness (QED) is 0.749. The summed E-state index contributed by atoms with van der Waals surface area (Å²) in [6.45, 7) is 2.25. The summed E-state index contributed by atoms with van der Waals surface area (Å²) in [5, 5.41) is 8.62. The van der Waals surface area contributed by atoms with Gasteiger partial charge in [-0.15, -0.1) is 0 Å². The van der Waals surface area contributed by atoms with Gasteiger partial charge < -0.3 is 4.90 Å². The number of hydrogen-bond acceptors (Lipinski definition) is 4. The number of hydrogen-bond donors (Lipinski definition) is 0. The Balaban J connectivity index is 2.09. The topological polar surface area (TPSA) is 52.8 Å². The number of likely N-dealkylation sites (tertiary alicyclic amines) is 1. The Bertz CT molecular complexity index is 388. The van der Waals surface area contributed by atoms with Gasteiger partial charge in [0.2, 0.25) is 0 Å². The minimum Gasteiger partial charge on any atom is -0.306 e. The lowest BCUT2D eigenvalue weighted by Crippen LogP contribution is -2.29. The van der Waals surface area contributed by atoms with Gasteiger partial charge in [-0.25, -0.2) is 9.97 Å². The molecule has 4 nitrogen and oxygen atoms in total. The summed E-state index contributed by atoms with van der Waals surface area (Å²) in [6, 6.07) is 4.07. The van der Waals surface area contributed by atoms with E-state index in [1.807, 2.05) is 6.07 Å². The Labute approximate surface area is 95.9 Å². The van der Waals surface area contributed by atoms with Gasteiger partial charge in [0.25, 0.3) is 0 Å². The standard InChI is InChI=1S/C12H16N4/c1-16-8-4-10(5-9-16)11-3-7-14-12(15-11)2-6-13/h3,7,10H,2,4-5,8-9H2,1H3. The maximum absolute atomic E-state index is 8.62. The van der Waals surface area contributed by atoms with Crippen LogP contribution in [0.2, 0.25) is 0 Å². The molecule has 1 aromatic heterocycles. The van der Waals surface area contributed by atoms with Crippen molar-refractivity contribution < 1.29 is 0 Å². The highest BCUT2D eigenvalue weighted by Gasteiger charge is 2.19. The molecular formula is C12H16N4. The van der Waals surface area contributed by atoms with Crippen molar-refractivity contribution in [2.24, 2.45) is 0 Å². The van der Waals surface area contributed by atoms with Gasteiger partial charge in [-0.2, -0.15) is 5.26 Å². The molecule has 1 aromatic rings. The smallest absolute Gasteiger partial charge is 0.142 e. The first-order chi connectivity index (χ1) is 7.79. The van der Waals surface area contributed by atoms with Crippen molar-refractivity contribution in [1.82, 2.24) is 14.9 Å². The number of nitrogens with zero attached hydrogens (tertiary/aromatic N) is 4. The summed E-state index contributed by atoms with van der Waals surface area (Å²) in [7, 11) is 2.15. The molecular weight excluding hydrogens is 200 g/mol. The molecule has 0 aromatic carbocycles. The highest BCUT2D eigenvalue weighted by Crippen LogP contribution is 2.25. The largest absolute Gasteiger partial charge is 0.306 e. The van der Waals surface area contributed by atoms with E-state index >= 15 is 0 Å². The molecule has 1 saturated heterocycles. The highest BCUT2D eigenvalue weighted by molar-refractivity contribution is 5.11. The van der Waals surface area contributed by atoms with Crippen LogP contribution in [0.1, 0.15) is 30.3 Å². The lowest BCUT2D eigenvalue weighted by atomic mass is 9.93. The van der Waals surface area contributed by atoms with Crippen LogP contribution in [0.15, 0.2) is 12.3 Å². The molecule has 1 fully saturated rings. The van der Waals surface area contributed by atoms with Gasteiger partial charge in [0.15, 0.2) is 0 Å². The maximum Gasteiger partial charge on any atom is 0.142 e. The Morgan fingerprint density at radius 3 is 2.94 bits per heavy atom. The Morgan fingerprint density at radius 2 is 2.25 bits per heavy atom. The van der Waals surface area contributed by atoms with Crippen LogP contribution in [0.4, 0.5) is 0 Å². The zero-order valence-electron chi connectivity index (χ0n) is 9.56. The van der Waals surface area contributed by atoms with E-state index in [4.69, 9.17) is 5.26 Å². The van der Waals surface area contributed by atoms with Crippen molar-refractivity contribution in [3.63, 3.8) is 0 Å². The van der Waals surface area contributed by atoms with Crippen LogP contribution in [-0.4, -0.2) is 35.0 Å². The van der Waals surface area contributed by atoms with Crippen molar-refractivity contribution in [3.8, 4) is 6.07 Å². The second kappa shape index (κ2) is 5.04. The number of piperidine rings is 1. The van der Waals surface area contributed by atoms with Crippen molar-refractivity contribution in [2.75, 3.05) is 20.1 Å². The summed E-state index contributed by atoms with van der Waals surface area (Å²) in [6.07, 6.45) is 4.38. The number of nitriles is 1. The highest BCUT2D eigenvalue weighted by atomic mass is 15.1. The molecule has 1 aliphatic rings. The molecule has 0 radical (unpaired) electrons. The fourth-order valence-electron chi connectivity index (χ4n) is 2.10. The van der Waals surface area contributed by atoms with Gasteiger partial charge in [0.05, 0.1) is 12.5 Å². The van der Waals surface area contributed by atoms with E-state index in [0.29, 0.717) is 18.2 Å². The van der Waals surface area contributed by atoms with E-state index in [0.717, 1.165) is 31.6 Å². The van der Waals surface area contributed by atoms with E-state index in [9.17, 15) is 0 Å². The predicted molar refractivity (Wildman–Crippen MR) is 60.8 cm³/mol. The molecule has 0 unspecified atom stereocenters. The normalized spacial score (nSPS) is 18.2. The summed E-state index contributed by atoms with van der Waals surface area (Å²) < 4.78 is 0. The van der Waals surface area contributed by atoms with Crippen molar-refractivity contribution >= 4 is 0 Å². The van der Waals surface area contributed by atoms with E-state index in [1.54, 1.807) is 6.20 Å². The zero-order valence-corrected chi connectivity index (χ0v) is 9.56. The second-order valence-electron chi connectivity index (χ2n) is 4.31. The number of rotatable bonds is 2. The average molecular weight is 216 g/mol. The van der Waals surface area contributed by atoms with Crippen molar-refractivity contribution in [3.05, 3.63) is 23.8 Å². The fraction of sp³-hybridized carbons (Fsp3) is 0.583. The minimum absolute atomic E-state index is 0.306. The Kier molecular flexibility index (Phi) is 3.47. The second-order valence-corrected chi connectivity index (χ2v) is 4.31. The Hall–Kier alpha value is -1.47. The molecule has 0 aliphatic carbocycles. The molecule has 0 amide bonds. The summed E-state index contributed by atoms with van der Waals surface area (Å²) in [5.41, 5.74) is 1.10. The van der Waals surface area contributed by atoms with Crippen LogP contribution in [0.25, 0.3) is 0 Å². The zero-order chi connectivity index (χ0) is 11.4. The van der Waals surface area contributed by atoms with Gasteiger partial charge >= 0.3 is 0 Å². The summed E-state index contributed by atoms with van der Waals surface area (Å²) in [4.78, 5) is 10.9. The first kappa shape index (κ1) is 11.0. The lowest BCUT2D eigenvalue weighted by Gasteiger charge is -2.28. The maximum atomic E-state index is 8.62. The monoisotopic (exact) mass is 216 g/mol. The summed E-state index contributed by atoms with van der Waals surface area (Å²) in [5.74, 6) is 1.19. The third-order valence-electron chi connectivity index (χ3n) is 3.10. The Morgan fingerprint density at radius 1 is 1.50 bits per heavy atom. The molecule has 0 saturated carbocycles. The number of aromatic nitrogens is 2. The van der Waals surface area contributed by atoms with Crippen LogP contribution in [0.5, 0.6) is 0 Å². The molecule has 4 heteroatoms. The van der Waals surface area contributed by atoms with Crippen molar-refractivity contribution in [2.45, 2.75) is 25.2 Å². The van der Waals surface area contributed by atoms with Crippen LogP contribution in [-0.2, 0) is 6.42 Å². The van der Waals surface area contributed by atoms with E-state index in [2.05, 4.69) is 28.0 Å². The molecule has 84 valence electrons. The third kappa shape index (κ3) is 2.56. The molecule has 0 bridgehead atoms. The fourth-order valence-corrected chi connectivity index (χ4v) is 2.10.